The first-order chi connectivity index (χ1) is 11.1. The average molecular weight is 310 g/mol. The molecule has 0 unspecified atom stereocenters. The molecular formula is C18H18N2O3. The third-order valence-corrected chi connectivity index (χ3v) is 3.08. The lowest BCUT2D eigenvalue weighted by atomic mass is 10.2. The van der Waals surface area contributed by atoms with E-state index in [9.17, 15) is 4.79 Å². The standard InChI is InChI=1S/C18H18N2O3/c1-3-22-16-9-4-5-10-17(16)23-13(2)18(21)20-15-8-6-7-14(11-15)12-19/h4-11,13H,3H2,1-2H3,(H,20,21)/t13-/m1/s1. The molecule has 0 bridgehead atoms. The van der Waals surface area contributed by atoms with Crippen molar-refractivity contribution < 1.29 is 14.3 Å². The molecule has 5 nitrogen and oxygen atoms in total. The Kier molecular flexibility index (Phi) is 5.59. The Hall–Kier alpha value is -3.00. The molecule has 0 spiro atoms. The summed E-state index contributed by atoms with van der Waals surface area (Å²) >= 11 is 0. The first-order valence-electron chi connectivity index (χ1n) is 7.33. The smallest absolute Gasteiger partial charge is 0.265 e. The van der Waals surface area contributed by atoms with Crippen molar-refractivity contribution in [2.75, 3.05) is 11.9 Å². The Balaban J connectivity index is 2.04. The maximum absolute atomic E-state index is 12.2. The van der Waals surface area contributed by atoms with Crippen LogP contribution in [0.3, 0.4) is 0 Å². The lowest BCUT2D eigenvalue weighted by molar-refractivity contribution is -0.122. The van der Waals surface area contributed by atoms with Gasteiger partial charge in [0, 0.05) is 5.69 Å². The van der Waals surface area contributed by atoms with Gasteiger partial charge in [0.15, 0.2) is 17.6 Å². The molecule has 0 saturated heterocycles. The van der Waals surface area contributed by atoms with Crippen molar-refractivity contribution in [1.29, 1.82) is 5.26 Å². The van der Waals surface area contributed by atoms with Gasteiger partial charge in [-0.3, -0.25) is 4.79 Å². The van der Waals surface area contributed by atoms with Gasteiger partial charge in [0.25, 0.3) is 5.91 Å². The average Bonchev–Trinajstić information content (AvgIpc) is 2.57. The summed E-state index contributed by atoms with van der Waals surface area (Å²) in [6.07, 6.45) is -0.706. The van der Waals surface area contributed by atoms with Crippen LogP contribution in [-0.4, -0.2) is 18.6 Å². The van der Waals surface area contributed by atoms with Gasteiger partial charge in [0.05, 0.1) is 18.2 Å². The van der Waals surface area contributed by atoms with E-state index in [1.165, 1.54) is 0 Å². The van der Waals surface area contributed by atoms with Crippen LogP contribution in [-0.2, 0) is 4.79 Å². The molecule has 1 atom stereocenters. The summed E-state index contributed by atoms with van der Waals surface area (Å²) in [7, 11) is 0. The van der Waals surface area contributed by atoms with Crippen molar-refractivity contribution in [2.45, 2.75) is 20.0 Å². The number of amides is 1. The molecule has 0 radical (unpaired) electrons. The molecule has 2 rings (SSSR count). The molecule has 0 fully saturated rings. The summed E-state index contributed by atoms with van der Waals surface area (Å²) in [6, 6.07) is 16.0. The van der Waals surface area contributed by atoms with Gasteiger partial charge in [0.1, 0.15) is 0 Å². The predicted molar refractivity (Wildman–Crippen MR) is 87.5 cm³/mol. The molecule has 0 aliphatic carbocycles. The topological polar surface area (TPSA) is 71.3 Å². The number of hydrogen-bond donors (Lipinski definition) is 1. The number of para-hydroxylation sites is 2. The Labute approximate surface area is 135 Å². The highest BCUT2D eigenvalue weighted by Gasteiger charge is 2.17. The van der Waals surface area contributed by atoms with E-state index in [-0.39, 0.29) is 5.91 Å². The maximum Gasteiger partial charge on any atom is 0.265 e. The Morgan fingerprint density at radius 2 is 1.96 bits per heavy atom. The van der Waals surface area contributed by atoms with Crippen molar-refractivity contribution in [3.63, 3.8) is 0 Å². The zero-order valence-corrected chi connectivity index (χ0v) is 13.1. The van der Waals surface area contributed by atoms with Gasteiger partial charge in [0.2, 0.25) is 0 Å². The quantitative estimate of drug-likeness (QED) is 0.888. The van der Waals surface area contributed by atoms with Crippen LogP contribution in [0, 0.1) is 11.3 Å². The van der Waals surface area contributed by atoms with Crippen molar-refractivity contribution in [2.24, 2.45) is 0 Å². The van der Waals surface area contributed by atoms with E-state index in [0.29, 0.717) is 29.4 Å². The number of hydrogen-bond acceptors (Lipinski definition) is 4. The number of anilines is 1. The zero-order valence-electron chi connectivity index (χ0n) is 13.1. The Morgan fingerprint density at radius 3 is 2.65 bits per heavy atom. The molecule has 0 saturated carbocycles. The summed E-state index contributed by atoms with van der Waals surface area (Å²) < 4.78 is 11.2. The van der Waals surface area contributed by atoms with Crippen molar-refractivity contribution >= 4 is 11.6 Å². The van der Waals surface area contributed by atoms with Crippen LogP contribution in [0.15, 0.2) is 48.5 Å². The number of benzene rings is 2. The molecule has 0 aliphatic heterocycles. The third kappa shape index (κ3) is 4.48. The fourth-order valence-corrected chi connectivity index (χ4v) is 1.98. The number of carbonyl (C=O) groups is 1. The monoisotopic (exact) mass is 310 g/mol. The minimum Gasteiger partial charge on any atom is -0.490 e. The number of nitrogens with one attached hydrogen (secondary N) is 1. The number of nitrogens with zero attached hydrogens (tertiary/aromatic N) is 1. The first-order valence-corrected chi connectivity index (χ1v) is 7.33. The van der Waals surface area contributed by atoms with Crippen LogP contribution in [0.5, 0.6) is 11.5 Å². The van der Waals surface area contributed by atoms with Crippen molar-refractivity contribution in [3.8, 4) is 17.6 Å². The predicted octanol–water partition coefficient (Wildman–Crippen LogP) is 3.36. The van der Waals surface area contributed by atoms with Crippen molar-refractivity contribution in [3.05, 3.63) is 54.1 Å². The first kappa shape index (κ1) is 16.4. The summed E-state index contributed by atoms with van der Waals surface area (Å²) in [5.74, 6) is 0.815. The largest absolute Gasteiger partial charge is 0.490 e. The highest BCUT2D eigenvalue weighted by molar-refractivity contribution is 5.94. The molecule has 5 heteroatoms. The Bertz CT molecular complexity index is 722. The Morgan fingerprint density at radius 1 is 1.22 bits per heavy atom. The SMILES string of the molecule is CCOc1ccccc1O[C@H](C)C(=O)Nc1cccc(C#N)c1. The number of ether oxygens (including phenoxy) is 2. The number of nitriles is 1. The van der Waals surface area contributed by atoms with Crippen LogP contribution < -0.4 is 14.8 Å². The molecule has 0 heterocycles. The number of rotatable bonds is 6. The van der Waals surface area contributed by atoms with Crippen LogP contribution in [0.1, 0.15) is 19.4 Å². The van der Waals surface area contributed by atoms with Crippen LogP contribution in [0.4, 0.5) is 5.69 Å². The molecule has 1 amide bonds. The van der Waals surface area contributed by atoms with Gasteiger partial charge < -0.3 is 14.8 Å². The van der Waals surface area contributed by atoms with Gasteiger partial charge in [-0.25, -0.2) is 0 Å². The summed E-state index contributed by atoms with van der Waals surface area (Å²) in [6.45, 7) is 4.06. The molecule has 2 aromatic carbocycles. The maximum atomic E-state index is 12.2. The molecule has 0 aromatic heterocycles. The summed E-state index contributed by atoms with van der Waals surface area (Å²) in [5.41, 5.74) is 1.04. The van der Waals surface area contributed by atoms with Gasteiger partial charge >= 0.3 is 0 Å². The van der Waals surface area contributed by atoms with E-state index in [1.807, 2.05) is 25.1 Å². The highest BCUT2D eigenvalue weighted by atomic mass is 16.5. The van der Waals surface area contributed by atoms with E-state index in [4.69, 9.17) is 14.7 Å². The van der Waals surface area contributed by atoms with E-state index in [0.717, 1.165) is 0 Å². The van der Waals surface area contributed by atoms with Gasteiger partial charge in [-0.2, -0.15) is 5.26 Å². The normalized spacial score (nSPS) is 11.2. The fraction of sp³-hybridized carbons (Fsp3) is 0.222. The third-order valence-electron chi connectivity index (χ3n) is 3.08. The zero-order chi connectivity index (χ0) is 16.7. The van der Waals surface area contributed by atoms with E-state index < -0.39 is 6.10 Å². The lowest BCUT2D eigenvalue weighted by Gasteiger charge is -2.17. The molecule has 118 valence electrons. The van der Waals surface area contributed by atoms with Crippen molar-refractivity contribution in [1.82, 2.24) is 0 Å². The van der Waals surface area contributed by atoms with Gasteiger partial charge in [-0.15, -0.1) is 0 Å². The van der Waals surface area contributed by atoms with E-state index in [1.54, 1.807) is 43.3 Å². The van der Waals surface area contributed by atoms with Gasteiger partial charge in [-0.1, -0.05) is 18.2 Å². The summed E-state index contributed by atoms with van der Waals surface area (Å²) in [4.78, 5) is 12.2. The van der Waals surface area contributed by atoms with Crippen LogP contribution >= 0.6 is 0 Å². The number of carbonyl (C=O) groups excluding carboxylic acids is 1. The minimum atomic E-state index is -0.706. The fourth-order valence-electron chi connectivity index (χ4n) is 1.98. The summed E-state index contributed by atoms with van der Waals surface area (Å²) in [5, 5.41) is 11.6. The molecule has 0 aliphatic rings. The van der Waals surface area contributed by atoms with E-state index >= 15 is 0 Å². The minimum absolute atomic E-state index is 0.300. The molecule has 23 heavy (non-hydrogen) atoms. The molecule has 2 aromatic rings. The molecule has 1 N–H and O–H groups in total. The molecular weight excluding hydrogens is 292 g/mol. The van der Waals surface area contributed by atoms with Crippen LogP contribution in [0.2, 0.25) is 0 Å². The second kappa shape index (κ2) is 7.85. The second-order valence-electron chi connectivity index (χ2n) is 4.82. The highest BCUT2D eigenvalue weighted by Crippen LogP contribution is 2.27. The second-order valence-corrected chi connectivity index (χ2v) is 4.82. The van der Waals surface area contributed by atoms with Gasteiger partial charge in [-0.05, 0) is 44.2 Å². The van der Waals surface area contributed by atoms with Crippen LogP contribution in [0.25, 0.3) is 0 Å². The van der Waals surface area contributed by atoms with E-state index in [2.05, 4.69) is 5.32 Å². The lowest BCUT2D eigenvalue weighted by Crippen LogP contribution is -2.30.